The molecule has 2 aromatic carbocycles. The molecule has 0 saturated carbocycles. The minimum Gasteiger partial charge on any atom is -0.486 e. The average molecular weight is 407 g/mol. The van der Waals surface area contributed by atoms with Crippen LogP contribution in [0.1, 0.15) is 32.5 Å². The summed E-state index contributed by atoms with van der Waals surface area (Å²) in [7, 11) is 0. The van der Waals surface area contributed by atoms with E-state index < -0.39 is 0 Å². The van der Waals surface area contributed by atoms with Gasteiger partial charge in [-0.1, -0.05) is 30.3 Å². The number of piperidine rings is 1. The van der Waals surface area contributed by atoms with Gasteiger partial charge in [0.05, 0.1) is 11.0 Å². The fourth-order valence-corrected chi connectivity index (χ4v) is 4.05. The van der Waals surface area contributed by atoms with Gasteiger partial charge in [-0.05, 0) is 51.0 Å². The molecule has 1 N–H and O–H groups in total. The summed E-state index contributed by atoms with van der Waals surface area (Å²) in [4.78, 5) is 20.0. The van der Waals surface area contributed by atoms with Gasteiger partial charge < -0.3 is 19.5 Å². The third kappa shape index (κ3) is 4.82. The normalized spacial score (nSPS) is 15.6. The van der Waals surface area contributed by atoms with Gasteiger partial charge in [0.1, 0.15) is 24.7 Å². The van der Waals surface area contributed by atoms with E-state index in [9.17, 15) is 4.79 Å². The number of nitrogens with one attached hydrogen (secondary N) is 1. The molecule has 0 unspecified atom stereocenters. The topological polar surface area (TPSA) is 59.4 Å². The van der Waals surface area contributed by atoms with E-state index in [1.807, 2.05) is 59.2 Å². The van der Waals surface area contributed by atoms with Crippen molar-refractivity contribution in [3.05, 3.63) is 60.4 Å². The first-order chi connectivity index (χ1) is 14.6. The Labute approximate surface area is 177 Å². The van der Waals surface area contributed by atoms with Crippen LogP contribution in [-0.2, 0) is 17.9 Å². The van der Waals surface area contributed by atoms with Crippen molar-refractivity contribution >= 4 is 16.9 Å². The van der Waals surface area contributed by atoms with Gasteiger partial charge in [-0.3, -0.25) is 4.79 Å². The summed E-state index contributed by atoms with van der Waals surface area (Å²) in [6.07, 6.45) is 2.00. The van der Waals surface area contributed by atoms with Gasteiger partial charge in [-0.2, -0.15) is 0 Å². The van der Waals surface area contributed by atoms with Gasteiger partial charge in [-0.25, -0.2) is 4.98 Å². The molecule has 2 heterocycles. The molecule has 1 aliphatic heterocycles. The molecular formula is C24H30N4O2. The highest BCUT2D eigenvalue weighted by molar-refractivity contribution is 5.81. The monoisotopic (exact) mass is 406 g/mol. The van der Waals surface area contributed by atoms with Crippen molar-refractivity contribution in [1.82, 2.24) is 19.8 Å². The predicted molar refractivity (Wildman–Crippen MR) is 118 cm³/mol. The van der Waals surface area contributed by atoms with Crippen LogP contribution >= 0.6 is 0 Å². The molecule has 1 aliphatic rings. The maximum absolute atomic E-state index is 12.9. The zero-order chi connectivity index (χ0) is 20.9. The number of imidazole rings is 1. The zero-order valence-electron chi connectivity index (χ0n) is 17.8. The smallest absolute Gasteiger partial charge is 0.240 e. The highest BCUT2D eigenvalue weighted by Gasteiger charge is 2.23. The lowest BCUT2D eigenvalue weighted by Gasteiger charge is -2.34. The van der Waals surface area contributed by atoms with E-state index in [1.54, 1.807) is 0 Å². The first-order valence-electron chi connectivity index (χ1n) is 10.8. The largest absolute Gasteiger partial charge is 0.486 e. The standard InChI is InChI=1S/C24H30N4O2/c1-18(2)27-14-12-19(13-15-27)25-24(29)16-28-22-11-7-6-10-21(22)26-23(28)17-30-20-8-4-3-5-9-20/h3-11,18-19H,12-17H2,1-2H3,(H,25,29). The van der Waals surface area contributed by atoms with Crippen molar-refractivity contribution in [2.75, 3.05) is 13.1 Å². The van der Waals surface area contributed by atoms with Crippen LogP contribution in [0.15, 0.2) is 54.6 Å². The number of fused-ring (bicyclic) bond motifs is 1. The Bertz CT molecular complexity index is 975. The summed E-state index contributed by atoms with van der Waals surface area (Å²) in [5.41, 5.74) is 1.83. The number of likely N-dealkylation sites (tertiary alicyclic amines) is 1. The van der Waals surface area contributed by atoms with E-state index in [2.05, 4.69) is 24.1 Å². The number of benzene rings is 2. The SMILES string of the molecule is CC(C)N1CCC(NC(=O)Cn2c(COc3ccccc3)nc3ccccc32)CC1. The summed E-state index contributed by atoms with van der Waals surface area (Å²) in [6.45, 7) is 7.08. The molecule has 0 atom stereocenters. The van der Waals surface area contributed by atoms with Crippen LogP contribution < -0.4 is 10.1 Å². The maximum Gasteiger partial charge on any atom is 0.240 e. The summed E-state index contributed by atoms with van der Waals surface area (Å²) >= 11 is 0. The van der Waals surface area contributed by atoms with Crippen LogP contribution in [0, 0.1) is 0 Å². The van der Waals surface area contributed by atoms with E-state index in [0.29, 0.717) is 12.6 Å². The minimum atomic E-state index is 0.0297. The molecule has 6 nitrogen and oxygen atoms in total. The van der Waals surface area contributed by atoms with Crippen LogP contribution in [0.4, 0.5) is 0 Å². The van der Waals surface area contributed by atoms with Crippen LogP contribution in [-0.4, -0.2) is 45.5 Å². The second kappa shape index (κ2) is 9.30. The van der Waals surface area contributed by atoms with Gasteiger partial charge in [0.2, 0.25) is 5.91 Å². The quantitative estimate of drug-likeness (QED) is 0.651. The number of carbonyl (C=O) groups is 1. The molecule has 6 heteroatoms. The Kier molecular flexibility index (Phi) is 6.33. The third-order valence-corrected chi connectivity index (χ3v) is 5.77. The van der Waals surface area contributed by atoms with Crippen LogP contribution in [0.3, 0.4) is 0 Å². The summed E-state index contributed by atoms with van der Waals surface area (Å²) in [5, 5.41) is 3.23. The van der Waals surface area contributed by atoms with Gasteiger partial charge in [-0.15, -0.1) is 0 Å². The Morgan fingerprint density at radius 2 is 1.80 bits per heavy atom. The highest BCUT2D eigenvalue weighted by Crippen LogP contribution is 2.19. The van der Waals surface area contributed by atoms with Crippen LogP contribution in [0.5, 0.6) is 5.75 Å². The fraction of sp³-hybridized carbons (Fsp3) is 0.417. The number of ether oxygens (including phenoxy) is 1. The lowest BCUT2D eigenvalue weighted by atomic mass is 10.0. The number of aromatic nitrogens is 2. The molecule has 1 amide bonds. The molecule has 1 aromatic heterocycles. The molecule has 1 saturated heterocycles. The second-order valence-corrected chi connectivity index (χ2v) is 8.18. The van der Waals surface area contributed by atoms with Crippen molar-refractivity contribution < 1.29 is 9.53 Å². The molecule has 0 bridgehead atoms. The van der Waals surface area contributed by atoms with Gasteiger partial charge in [0.15, 0.2) is 0 Å². The minimum absolute atomic E-state index is 0.0297. The third-order valence-electron chi connectivity index (χ3n) is 5.77. The average Bonchev–Trinajstić information content (AvgIpc) is 3.10. The molecule has 0 aliphatic carbocycles. The first-order valence-corrected chi connectivity index (χ1v) is 10.8. The van der Waals surface area contributed by atoms with Gasteiger partial charge in [0, 0.05) is 25.2 Å². The lowest BCUT2D eigenvalue weighted by molar-refractivity contribution is -0.122. The van der Waals surface area contributed by atoms with E-state index in [1.165, 1.54) is 0 Å². The number of hydrogen-bond acceptors (Lipinski definition) is 4. The van der Waals surface area contributed by atoms with Crippen molar-refractivity contribution in [1.29, 1.82) is 0 Å². The predicted octanol–water partition coefficient (Wildman–Crippen LogP) is 3.60. The molecule has 4 rings (SSSR count). The first kappa shape index (κ1) is 20.4. The highest BCUT2D eigenvalue weighted by atomic mass is 16.5. The maximum atomic E-state index is 12.9. The van der Waals surface area contributed by atoms with E-state index in [0.717, 1.165) is 48.5 Å². The van der Waals surface area contributed by atoms with Crippen molar-refractivity contribution in [3.63, 3.8) is 0 Å². The molecule has 3 aromatic rings. The Hall–Kier alpha value is -2.86. The number of carbonyl (C=O) groups excluding carboxylic acids is 1. The molecule has 0 spiro atoms. The fourth-order valence-electron chi connectivity index (χ4n) is 4.05. The van der Waals surface area contributed by atoms with Gasteiger partial charge in [0.25, 0.3) is 0 Å². The summed E-state index contributed by atoms with van der Waals surface area (Å²) < 4.78 is 7.88. The lowest BCUT2D eigenvalue weighted by Crippen LogP contribution is -2.47. The van der Waals surface area contributed by atoms with Crippen molar-refractivity contribution in [2.24, 2.45) is 0 Å². The molecule has 1 fully saturated rings. The van der Waals surface area contributed by atoms with Crippen molar-refractivity contribution in [3.8, 4) is 5.75 Å². The number of para-hydroxylation sites is 3. The Morgan fingerprint density at radius 1 is 1.10 bits per heavy atom. The Morgan fingerprint density at radius 3 is 2.53 bits per heavy atom. The number of hydrogen-bond donors (Lipinski definition) is 1. The summed E-state index contributed by atoms with van der Waals surface area (Å²) in [5.74, 6) is 1.57. The molecule has 158 valence electrons. The van der Waals surface area contributed by atoms with E-state index >= 15 is 0 Å². The zero-order valence-corrected chi connectivity index (χ0v) is 17.8. The second-order valence-electron chi connectivity index (χ2n) is 8.18. The van der Waals surface area contributed by atoms with Crippen LogP contribution in [0.2, 0.25) is 0 Å². The van der Waals surface area contributed by atoms with E-state index in [-0.39, 0.29) is 18.5 Å². The van der Waals surface area contributed by atoms with Gasteiger partial charge >= 0.3 is 0 Å². The number of rotatable bonds is 7. The molecule has 0 radical (unpaired) electrons. The molecule has 30 heavy (non-hydrogen) atoms. The Balaban J connectivity index is 1.44. The van der Waals surface area contributed by atoms with Crippen molar-refractivity contribution in [2.45, 2.75) is 51.9 Å². The molecular weight excluding hydrogens is 376 g/mol. The summed E-state index contributed by atoms with van der Waals surface area (Å²) in [6, 6.07) is 18.4. The number of nitrogens with zero attached hydrogens (tertiary/aromatic N) is 3. The van der Waals surface area contributed by atoms with E-state index in [4.69, 9.17) is 9.72 Å². The number of amides is 1. The van der Waals surface area contributed by atoms with Crippen LogP contribution in [0.25, 0.3) is 11.0 Å².